The maximum Gasteiger partial charge on any atom is 0.337 e. The summed E-state index contributed by atoms with van der Waals surface area (Å²) in [7, 11) is 0.981. The molecular weight excluding hydrogens is 284 g/mol. The zero-order valence-corrected chi connectivity index (χ0v) is 11.9. The van der Waals surface area contributed by atoms with Crippen molar-refractivity contribution in [1.82, 2.24) is 5.32 Å². The molecule has 0 unspecified atom stereocenters. The van der Waals surface area contributed by atoms with Crippen molar-refractivity contribution in [2.24, 2.45) is 5.73 Å². The van der Waals surface area contributed by atoms with E-state index in [0.29, 0.717) is 13.0 Å². The number of rotatable bonds is 10. The molecule has 9 nitrogen and oxygen atoms in total. The number of unbranched alkanes of at least 4 members (excludes halogenated alkanes) is 2. The number of carbonyl (C=O) groups is 2. The van der Waals surface area contributed by atoms with Crippen LogP contribution in [0.2, 0.25) is 0 Å². The molecule has 1 amide bonds. The van der Waals surface area contributed by atoms with Gasteiger partial charge in [0.05, 0.1) is 7.11 Å². The smallest absolute Gasteiger partial charge is 0.337 e. The highest BCUT2D eigenvalue weighted by atomic mass is 16.5. The molecule has 4 atom stereocenters. The van der Waals surface area contributed by atoms with Crippen LogP contribution in [0.3, 0.4) is 0 Å². The summed E-state index contributed by atoms with van der Waals surface area (Å²) in [5.41, 5.74) is 5.31. The van der Waals surface area contributed by atoms with Gasteiger partial charge in [-0.1, -0.05) is 6.42 Å². The molecule has 0 aromatic heterocycles. The molecule has 124 valence electrons. The van der Waals surface area contributed by atoms with E-state index in [9.17, 15) is 30.0 Å². The standard InChI is InChI=1S/C12H24N2O7/c1-21-12(20)10(18)8(16)7(15)9(17)11(19)14-6-4-2-3-5-13/h7-10,15-18H,2-6,13H2,1H3,(H,14,19)/t7-,8+,9+,10-/m1/s1. The Morgan fingerprint density at radius 2 is 1.62 bits per heavy atom. The average Bonchev–Trinajstić information content (AvgIpc) is 2.50. The van der Waals surface area contributed by atoms with Gasteiger partial charge in [0.25, 0.3) is 5.91 Å². The Morgan fingerprint density at radius 3 is 2.14 bits per heavy atom. The maximum absolute atomic E-state index is 11.5. The predicted octanol–water partition coefficient (Wildman–Crippen LogP) is -3.15. The molecule has 0 aromatic carbocycles. The number of methoxy groups -OCH3 is 1. The summed E-state index contributed by atoms with van der Waals surface area (Å²) >= 11 is 0. The van der Waals surface area contributed by atoms with Crippen LogP contribution in [-0.2, 0) is 14.3 Å². The molecule has 0 bridgehead atoms. The highest BCUT2D eigenvalue weighted by Gasteiger charge is 2.37. The van der Waals surface area contributed by atoms with E-state index in [0.717, 1.165) is 20.0 Å². The fourth-order valence-electron chi connectivity index (χ4n) is 1.55. The number of carbonyl (C=O) groups excluding carboxylic acids is 2. The van der Waals surface area contributed by atoms with Crippen LogP contribution in [0, 0.1) is 0 Å². The zero-order chi connectivity index (χ0) is 16.4. The van der Waals surface area contributed by atoms with Gasteiger partial charge < -0.3 is 36.2 Å². The number of nitrogens with one attached hydrogen (secondary N) is 1. The molecule has 0 fully saturated rings. The number of aliphatic hydroxyl groups excluding tert-OH is 4. The predicted molar refractivity (Wildman–Crippen MR) is 72.0 cm³/mol. The monoisotopic (exact) mass is 308 g/mol. The average molecular weight is 308 g/mol. The van der Waals surface area contributed by atoms with Crippen LogP contribution < -0.4 is 11.1 Å². The lowest BCUT2D eigenvalue weighted by atomic mass is 10.0. The Hall–Kier alpha value is -1.26. The molecule has 0 rings (SSSR count). The molecule has 21 heavy (non-hydrogen) atoms. The SMILES string of the molecule is COC(=O)[C@H](O)[C@@H](O)[C@@H](O)[C@H](O)C(=O)NCCCCCN. The summed E-state index contributed by atoms with van der Waals surface area (Å²) in [6.45, 7) is 0.825. The van der Waals surface area contributed by atoms with Gasteiger partial charge in [-0.15, -0.1) is 0 Å². The molecule has 0 saturated heterocycles. The molecule has 0 spiro atoms. The van der Waals surface area contributed by atoms with E-state index in [1.54, 1.807) is 0 Å². The van der Waals surface area contributed by atoms with Crippen LogP contribution in [0.15, 0.2) is 0 Å². The van der Waals surface area contributed by atoms with Gasteiger partial charge >= 0.3 is 5.97 Å². The van der Waals surface area contributed by atoms with Crippen LogP contribution in [0.25, 0.3) is 0 Å². The lowest BCUT2D eigenvalue weighted by Crippen LogP contribution is -2.52. The van der Waals surface area contributed by atoms with Crippen molar-refractivity contribution in [1.29, 1.82) is 0 Å². The summed E-state index contributed by atoms with van der Waals surface area (Å²) in [5.74, 6) is -2.10. The molecule has 0 aliphatic rings. The Bertz CT molecular complexity index is 327. The van der Waals surface area contributed by atoms with Crippen molar-refractivity contribution >= 4 is 11.9 Å². The van der Waals surface area contributed by atoms with Crippen LogP contribution >= 0.6 is 0 Å². The lowest BCUT2D eigenvalue weighted by Gasteiger charge is -2.24. The first-order chi connectivity index (χ1) is 9.86. The third-order valence-corrected chi connectivity index (χ3v) is 2.89. The maximum atomic E-state index is 11.5. The van der Waals surface area contributed by atoms with Gasteiger partial charge in [-0.3, -0.25) is 4.79 Å². The molecule has 0 aromatic rings. The van der Waals surface area contributed by atoms with Crippen molar-refractivity contribution in [3.8, 4) is 0 Å². The van der Waals surface area contributed by atoms with E-state index in [4.69, 9.17) is 5.73 Å². The lowest BCUT2D eigenvalue weighted by molar-refractivity contribution is -0.169. The highest BCUT2D eigenvalue weighted by molar-refractivity contribution is 5.81. The van der Waals surface area contributed by atoms with E-state index in [1.165, 1.54) is 0 Å². The summed E-state index contributed by atoms with van der Waals surface area (Å²) in [6, 6.07) is 0. The van der Waals surface area contributed by atoms with Gasteiger partial charge in [-0.25, -0.2) is 4.79 Å². The van der Waals surface area contributed by atoms with E-state index < -0.39 is 36.3 Å². The highest BCUT2D eigenvalue weighted by Crippen LogP contribution is 2.07. The Balaban J connectivity index is 4.25. The largest absolute Gasteiger partial charge is 0.467 e. The minimum absolute atomic E-state index is 0.276. The summed E-state index contributed by atoms with van der Waals surface area (Å²) < 4.78 is 4.17. The van der Waals surface area contributed by atoms with Crippen molar-refractivity contribution in [2.45, 2.75) is 43.7 Å². The summed E-state index contributed by atoms with van der Waals surface area (Å²) in [6.07, 6.45) is -5.84. The van der Waals surface area contributed by atoms with Crippen molar-refractivity contribution in [3.63, 3.8) is 0 Å². The first-order valence-corrected chi connectivity index (χ1v) is 6.64. The molecule has 0 aliphatic carbocycles. The number of nitrogens with two attached hydrogens (primary N) is 1. The van der Waals surface area contributed by atoms with Gasteiger partial charge in [0.15, 0.2) is 12.2 Å². The fraction of sp³-hybridized carbons (Fsp3) is 0.833. The number of esters is 1. The van der Waals surface area contributed by atoms with Crippen molar-refractivity contribution < 1.29 is 34.8 Å². The number of aliphatic hydroxyl groups is 4. The molecule has 0 radical (unpaired) electrons. The molecule has 7 N–H and O–H groups in total. The molecule has 9 heteroatoms. The summed E-state index contributed by atoms with van der Waals surface area (Å²) in [5, 5.41) is 40.3. The van der Waals surface area contributed by atoms with Crippen LogP contribution in [0.1, 0.15) is 19.3 Å². The van der Waals surface area contributed by atoms with Gasteiger partial charge in [0.2, 0.25) is 0 Å². The topological polar surface area (TPSA) is 162 Å². The number of ether oxygens (including phenoxy) is 1. The van der Waals surface area contributed by atoms with Gasteiger partial charge in [-0.05, 0) is 19.4 Å². The first-order valence-electron chi connectivity index (χ1n) is 6.64. The van der Waals surface area contributed by atoms with Crippen LogP contribution in [-0.4, -0.2) is 76.9 Å². The second-order valence-corrected chi connectivity index (χ2v) is 4.53. The van der Waals surface area contributed by atoms with Gasteiger partial charge in [0, 0.05) is 6.54 Å². The normalized spacial score (nSPS) is 16.7. The van der Waals surface area contributed by atoms with E-state index >= 15 is 0 Å². The Morgan fingerprint density at radius 1 is 1.05 bits per heavy atom. The number of hydrogen-bond acceptors (Lipinski definition) is 8. The molecular formula is C12H24N2O7. The minimum atomic E-state index is -2.06. The minimum Gasteiger partial charge on any atom is -0.467 e. The Kier molecular flexibility index (Phi) is 9.84. The number of hydrogen-bond donors (Lipinski definition) is 6. The number of amides is 1. The third kappa shape index (κ3) is 6.82. The fourth-order valence-corrected chi connectivity index (χ4v) is 1.55. The Labute approximate surface area is 122 Å². The van der Waals surface area contributed by atoms with Gasteiger partial charge in [-0.2, -0.15) is 0 Å². The molecule has 0 heterocycles. The summed E-state index contributed by atoms with van der Waals surface area (Å²) in [4.78, 5) is 22.5. The van der Waals surface area contributed by atoms with E-state index in [1.807, 2.05) is 0 Å². The van der Waals surface area contributed by atoms with Crippen molar-refractivity contribution in [3.05, 3.63) is 0 Å². The third-order valence-electron chi connectivity index (χ3n) is 2.89. The first kappa shape index (κ1) is 19.7. The molecule has 0 saturated carbocycles. The van der Waals surface area contributed by atoms with Crippen molar-refractivity contribution in [2.75, 3.05) is 20.2 Å². The quantitative estimate of drug-likeness (QED) is 0.182. The second kappa shape index (κ2) is 10.5. The van der Waals surface area contributed by atoms with Crippen LogP contribution in [0.5, 0.6) is 0 Å². The molecule has 0 aliphatic heterocycles. The second-order valence-electron chi connectivity index (χ2n) is 4.53. The van der Waals surface area contributed by atoms with E-state index in [-0.39, 0.29) is 6.54 Å². The van der Waals surface area contributed by atoms with E-state index in [2.05, 4.69) is 10.1 Å². The zero-order valence-electron chi connectivity index (χ0n) is 11.9. The van der Waals surface area contributed by atoms with Gasteiger partial charge in [0.1, 0.15) is 12.2 Å². The van der Waals surface area contributed by atoms with Crippen LogP contribution in [0.4, 0.5) is 0 Å².